The van der Waals surface area contributed by atoms with Crippen LogP contribution < -0.4 is 5.32 Å². The summed E-state index contributed by atoms with van der Waals surface area (Å²) in [5, 5.41) is 19.4. The number of rotatable bonds is 4. The second-order valence-electron chi connectivity index (χ2n) is 3.45. The molecular formula is C8H13N3O2. The predicted octanol–water partition coefficient (Wildman–Crippen LogP) is 0.740. The molecule has 0 aliphatic heterocycles. The fraction of sp³-hybridized carbons (Fsp3) is 0.750. The van der Waals surface area contributed by atoms with E-state index in [1.54, 1.807) is 0 Å². The highest BCUT2D eigenvalue weighted by Crippen LogP contribution is 2.39. The van der Waals surface area contributed by atoms with E-state index in [2.05, 4.69) is 15.5 Å². The molecule has 0 aromatic carbocycles. The molecule has 5 heteroatoms. The number of hydrogen-bond donors (Lipinski definition) is 2. The molecule has 0 amide bonds. The van der Waals surface area contributed by atoms with Gasteiger partial charge in [-0.05, 0) is 19.8 Å². The van der Waals surface area contributed by atoms with Crippen LogP contribution in [0.2, 0.25) is 0 Å². The lowest BCUT2D eigenvalue weighted by molar-refractivity contribution is 0.279. The van der Waals surface area contributed by atoms with Crippen molar-refractivity contribution in [2.24, 2.45) is 0 Å². The van der Waals surface area contributed by atoms with E-state index in [1.807, 2.05) is 6.92 Å². The summed E-state index contributed by atoms with van der Waals surface area (Å²) in [6.07, 6.45) is 2.30. The van der Waals surface area contributed by atoms with Gasteiger partial charge in [0.1, 0.15) is 0 Å². The molecule has 1 aromatic heterocycles. The zero-order valence-electron chi connectivity index (χ0n) is 7.53. The summed E-state index contributed by atoms with van der Waals surface area (Å²) in [5.74, 6) is 1.19. The Bertz CT molecular complexity index is 283. The number of anilines is 1. The molecule has 1 atom stereocenters. The van der Waals surface area contributed by atoms with Gasteiger partial charge in [-0.15, -0.1) is 5.10 Å². The van der Waals surface area contributed by atoms with Crippen molar-refractivity contribution in [3.05, 3.63) is 5.89 Å². The van der Waals surface area contributed by atoms with Crippen molar-refractivity contribution in [2.45, 2.75) is 31.7 Å². The van der Waals surface area contributed by atoms with Gasteiger partial charge in [0, 0.05) is 5.92 Å². The number of aliphatic hydroxyl groups is 1. The highest BCUT2D eigenvalue weighted by Gasteiger charge is 2.29. The smallest absolute Gasteiger partial charge is 0.315 e. The molecule has 2 N–H and O–H groups in total. The molecule has 2 rings (SSSR count). The lowest BCUT2D eigenvalue weighted by Crippen LogP contribution is -2.19. The molecule has 1 aromatic rings. The highest BCUT2D eigenvalue weighted by atomic mass is 16.4. The van der Waals surface area contributed by atoms with E-state index >= 15 is 0 Å². The summed E-state index contributed by atoms with van der Waals surface area (Å²) in [4.78, 5) is 0. The normalized spacial score (nSPS) is 18.6. The van der Waals surface area contributed by atoms with Gasteiger partial charge >= 0.3 is 6.01 Å². The number of nitrogens with zero attached hydrogens (tertiary/aromatic N) is 2. The van der Waals surface area contributed by atoms with E-state index in [1.165, 1.54) is 0 Å². The molecule has 13 heavy (non-hydrogen) atoms. The van der Waals surface area contributed by atoms with Gasteiger partial charge in [0.2, 0.25) is 5.89 Å². The van der Waals surface area contributed by atoms with Gasteiger partial charge in [-0.2, -0.15) is 0 Å². The second-order valence-corrected chi connectivity index (χ2v) is 3.45. The van der Waals surface area contributed by atoms with Gasteiger partial charge < -0.3 is 14.8 Å². The third-order valence-electron chi connectivity index (χ3n) is 2.01. The molecule has 0 radical (unpaired) electrons. The maximum absolute atomic E-state index is 8.77. The topological polar surface area (TPSA) is 71.2 Å². The molecule has 1 aliphatic carbocycles. The first-order chi connectivity index (χ1) is 6.29. The third kappa shape index (κ3) is 1.98. The first-order valence-electron chi connectivity index (χ1n) is 4.50. The molecule has 0 bridgehead atoms. The largest absolute Gasteiger partial charge is 0.408 e. The Labute approximate surface area is 76.2 Å². The van der Waals surface area contributed by atoms with Crippen molar-refractivity contribution in [1.82, 2.24) is 10.2 Å². The minimum atomic E-state index is -0.0486. The SMILES string of the molecule is C[C@@H](CO)Nc1nnc(C2CC2)o1. The van der Waals surface area contributed by atoms with E-state index in [9.17, 15) is 0 Å². The van der Waals surface area contributed by atoms with Crippen LogP contribution in [0.1, 0.15) is 31.6 Å². The molecule has 1 aliphatic rings. The Kier molecular flexibility index (Phi) is 2.18. The molecule has 0 unspecified atom stereocenters. The van der Waals surface area contributed by atoms with Gasteiger partial charge in [-0.1, -0.05) is 5.10 Å². The zero-order valence-corrected chi connectivity index (χ0v) is 7.53. The molecule has 1 fully saturated rings. The minimum absolute atomic E-state index is 0.0486. The van der Waals surface area contributed by atoms with Crippen molar-refractivity contribution in [3.63, 3.8) is 0 Å². The monoisotopic (exact) mass is 183 g/mol. The Balaban J connectivity index is 1.96. The number of hydrogen-bond acceptors (Lipinski definition) is 5. The average molecular weight is 183 g/mol. The van der Waals surface area contributed by atoms with Gasteiger partial charge in [0.05, 0.1) is 12.6 Å². The molecular weight excluding hydrogens is 170 g/mol. The van der Waals surface area contributed by atoms with Crippen molar-refractivity contribution in [2.75, 3.05) is 11.9 Å². The van der Waals surface area contributed by atoms with Crippen LogP contribution in [0.4, 0.5) is 6.01 Å². The second kappa shape index (κ2) is 3.33. The summed E-state index contributed by atoms with van der Waals surface area (Å²) < 4.78 is 5.34. The Hall–Kier alpha value is -1.10. The maximum atomic E-state index is 8.77. The minimum Gasteiger partial charge on any atom is -0.408 e. The van der Waals surface area contributed by atoms with Crippen LogP contribution in [-0.2, 0) is 0 Å². The van der Waals surface area contributed by atoms with E-state index in [4.69, 9.17) is 9.52 Å². The van der Waals surface area contributed by atoms with Crippen LogP contribution in [-0.4, -0.2) is 28.0 Å². The van der Waals surface area contributed by atoms with Crippen molar-refractivity contribution in [3.8, 4) is 0 Å². The molecule has 1 heterocycles. The Morgan fingerprint density at radius 2 is 2.38 bits per heavy atom. The van der Waals surface area contributed by atoms with Crippen molar-refractivity contribution >= 4 is 6.01 Å². The van der Waals surface area contributed by atoms with Crippen LogP contribution in [0, 0.1) is 0 Å². The van der Waals surface area contributed by atoms with Crippen molar-refractivity contribution in [1.29, 1.82) is 0 Å². The van der Waals surface area contributed by atoms with Crippen LogP contribution in [0.3, 0.4) is 0 Å². The van der Waals surface area contributed by atoms with Crippen LogP contribution >= 0.6 is 0 Å². The van der Waals surface area contributed by atoms with Crippen LogP contribution in [0.5, 0.6) is 0 Å². The summed E-state index contributed by atoms with van der Waals surface area (Å²) in [6, 6.07) is 0.357. The number of aliphatic hydroxyl groups excluding tert-OH is 1. The molecule has 72 valence electrons. The highest BCUT2D eigenvalue weighted by molar-refractivity contribution is 5.20. The van der Waals surface area contributed by atoms with Crippen molar-refractivity contribution < 1.29 is 9.52 Å². The van der Waals surface area contributed by atoms with Gasteiger partial charge in [0.25, 0.3) is 0 Å². The molecule has 0 saturated heterocycles. The van der Waals surface area contributed by atoms with Crippen LogP contribution in [0.15, 0.2) is 4.42 Å². The zero-order chi connectivity index (χ0) is 9.26. The molecule has 0 spiro atoms. The number of nitrogens with one attached hydrogen (secondary N) is 1. The Morgan fingerprint density at radius 1 is 1.62 bits per heavy atom. The average Bonchev–Trinajstić information content (AvgIpc) is 2.88. The maximum Gasteiger partial charge on any atom is 0.315 e. The van der Waals surface area contributed by atoms with Gasteiger partial charge in [0.15, 0.2) is 0 Å². The summed E-state index contributed by atoms with van der Waals surface area (Å²) in [6.45, 7) is 1.90. The van der Waals surface area contributed by atoms with E-state index in [0.29, 0.717) is 17.8 Å². The lowest BCUT2D eigenvalue weighted by atomic mass is 10.4. The van der Waals surface area contributed by atoms with E-state index in [-0.39, 0.29) is 12.6 Å². The fourth-order valence-corrected chi connectivity index (χ4v) is 1.04. The number of aromatic nitrogens is 2. The first kappa shape index (κ1) is 8.50. The summed E-state index contributed by atoms with van der Waals surface area (Å²) >= 11 is 0. The Morgan fingerprint density at radius 3 is 3.00 bits per heavy atom. The van der Waals surface area contributed by atoms with Crippen LogP contribution in [0.25, 0.3) is 0 Å². The predicted molar refractivity (Wildman–Crippen MR) is 46.4 cm³/mol. The van der Waals surface area contributed by atoms with E-state index < -0.39 is 0 Å². The lowest BCUT2D eigenvalue weighted by Gasteiger charge is -2.06. The standard InChI is InChI=1S/C8H13N3O2/c1-5(4-12)9-8-11-10-7(13-8)6-2-3-6/h5-6,12H,2-4H2,1H3,(H,9,11)/t5-/m0/s1. The summed E-state index contributed by atoms with van der Waals surface area (Å²) in [7, 11) is 0. The fourth-order valence-electron chi connectivity index (χ4n) is 1.04. The third-order valence-corrected chi connectivity index (χ3v) is 2.01. The molecule has 5 nitrogen and oxygen atoms in total. The quantitative estimate of drug-likeness (QED) is 0.720. The van der Waals surface area contributed by atoms with Gasteiger partial charge in [-0.25, -0.2) is 0 Å². The summed E-state index contributed by atoms with van der Waals surface area (Å²) in [5.41, 5.74) is 0. The first-order valence-corrected chi connectivity index (χ1v) is 4.50. The molecule has 1 saturated carbocycles. The van der Waals surface area contributed by atoms with Gasteiger partial charge in [-0.3, -0.25) is 0 Å². The van der Waals surface area contributed by atoms with E-state index in [0.717, 1.165) is 12.8 Å².